The van der Waals surface area contributed by atoms with Crippen molar-refractivity contribution >= 4 is 21.4 Å². The molecule has 4 rings (SSSR count). The molecular formula is C24H31ClN6O4S. The standard InChI is InChI=1S/C24H31ClN6O4S/c1-14-6-5-7-19(34-3)21(14)31-20(29-30-24(31)18-9-8-16(18)10-26)13-36(32,33)15(2)22(35-4)23-27-11-17(25)12-28-23/h5-7,11-12,15-16,18,22H,8-10,13,26H2,1-4H3/t15-,16+,18-,22-/m0/s1. The van der Waals surface area contributed by atoms with Crippen molar-refractivity contribution in [3.63, 3.8) is 0 Å². The van der Waals surface area contributed by atoms with Crippen LogP contribution >= 0.6 is 11.6 Å². The number of hydrogen-bond acceptors (Lipinski definition) is 9. The Labute approximate surface area is 216 Å². The molecule has 10 nitrogen and oxygen atoms in total. The highest BCUT2D eigenvalue weighted by Crippen LogP contribution is 2.43. The van der Waals surface area contributed by atoms with Crippen LogP contribution in [0.25, 0.3) is 5.69 Å². The normalized spacial score (nSPS) is 19.5. The van der Waals surface area contributed by atoms with Crippen molar-refractivity contribution in [3.8, 4) is 11.4 Å². The molecule has 1 fully saturated rings. The minimum Gasteiger partial charge on any atom is -0.495 e. The number of benzene rings is 1. The Bertz CT molecular complexity index is 1310. The third-order valence-corrected chi connectivity index (χ3v) is 9.16. The first kappa shape index (κ1) is 26.5. The molecule has 1 saturated carbocycles. The topological polar surface area (TPSA) is 135 Å². The number of aromatic nitrogens is 5. The van der Waals surface area contributed by atoms with Gasteiger partial charge in [-0.15, -0.1) is 10.2 Å². The van der Waals surface area contributed by atoms with E-state index in [2.05, 4.69) is 20.2 Å². The first-order chi connectivity index (χ1) is 17.2. The zero-order valence-electron chi connectivity index (χ0n) is 20.8. The first-order valence-corrected chi connectivity index (χ1v) is 13.8. The van der Waals surface area contributed by atoms with E-state index in [1.165, 1.54) is 19.5 Å². The number of para-hydroxylation sites is 1. The Morgan fingerprint density at radius 3 is 2.50 bits per heavy atom. The van der Waals surface area contributed by atoms with Gasteiger partial charge in [0.15, 0.2) is 21.5 Å². The Hall–Kier alpha value is -2.60. The molecule has 0 saturated heterocycles. The summed E-state index contributed by atoms with van der Waals surface area (Å²) in [5.41, 5.74) is 7.62. The largest absolute Gasteiger partial charge is 0.495 e. The first-order valence-electron chi connectivity index (χ1n) is 11.7. The fourth-order valence-electron chi connectivity index (χ4n) is 4.66. The van der Waals surface area contributed by atoms with Crippen LogP contribution in [0.3, 0.4) is 0 Å². The lowest BCUT2D eigenvalue weighted by molar-refractivity contribution is 0.0948. The third-order valence-electron chi connectivity index (χ3n) is 6.92. The maximum atomic E-state index is 13.7. The lowest BCUT2D eigenvalue weighted by atomic mass is 9.73. The lowest BCUT2D eigenvalue weighted by Gasteiger charge is -2.35. The van der Waals surface area contributed by atoms with E-state index < -0.39 is 21.2 Å². The van der Waals surface area contributed by atoms with E-state index in [1.807, 2.05) is 29.7 Å². The molecule has 0 amide bonds. The second kappa shape index (κ2) is 10.8. The van der Waals surface area contributed by atoms with Gasteiger partial charge >= 0.3 is 0 Å². The Balaban J connectivity index is 1.76. The van der Waals surface area contributed by atoms with Gasteiger partial charge < -0.3 is 15.2 Å². The fraction of sp³-hybridized carbons (Fsp3) is 0.500. The molecule has 0 radical (unpaired) electrons. The summed E-state index contributed by atoms with van der Waals surface area (Å²) in [6, 6.07) is 5.68. The zero-order valence-corrected chi connectivity index (χ0v) is 22.3. The molecule has 4 atom stereocenters. The smallest absolute Gasteiger partial charge is 0.163 e. The summed E-state index contributed by atoms with van der Waals surface area (Å²) < 4.78 is 40.3. The SMILES string of the molecule is COc1cccc(C)c1-n1c(CS(=O)(=O)[C@@H](C)[C@H](OC)c2ncc(Cl)cn2)nnc1[C@H]1CC[C@@H]1CN. The maximum absolute atomic E-state index is 13.7. The van der Waals surface area contributed by atoms with Gasteiger partial charge in [-0.3, -0.25) is 4.57 Å². The van der Waals surface area contributed by atoms with Crippen molar-refractivity contribution in [1.29, 1.82) is 0 Å². The number of methoxy groups -OCH3 is 2. The molecule has 0 spiro atoms. The summed E-state index contributed by atoms with van der Waals surface area (Å²) in [4.78, 5) is 8.32. The number of hydrogen-bond donors (Lipinski definition) is 1. The molecular weight excluding hydrogens is 504 g/mol. The van der Waals surface area contributed by atoms with E-state index in [0.717, 1.165) is 24.1 Å². The van der Waals surface area contributed by atoms with Gasteiger partial charge in [-0.25, -0.2) is 18.4 Å². The zero-order chi connectivity index (χ0) is 26.0. The predicted octanol–water partition coefficient (Wildman–Crippen LogP) is 3.17. The highest BCUT2D eigenvalue weighted by atomic mass is 35.5. The molecule has 1 aromatic carbocycles. The molecule has 2 N–H and O–H groups in total. The summed E-state index contributed by atoms with van der Waals surface area (Å²) in [6.07, 6.45) is 3.85. The average molecular weight is 535 g/mol. The van der Waals surface area contributed by atoms with Gasteiger partial charge in [-0.05, 0) is 50.8 Å². The summed E-state index contributed by atoms with van der Waals surface area (Å²) in [5, 5.41) is 8.23. The van der Waals surface area contributed by atoms with Crippen LogP contribution in [0.4, 0.5) is 0 Å². The maximum Gasteiger partial charge on any atom is 0.163 e. The van der Waals surface area contributed by atoms with Gasteiger partial charge in [0, 0.05) is 25.4 Å². The van der Waals surface area contributed by atoms with E-state index in [1.54, 1.807) is 14.0 Å². The summed E-state index contributed by atoms with van der Waals surface area (Å²) >= 11 is 5.89. The van der Waals surface area contributed by atoms with Gasteiger partial charge in [-0.2, -0.15) is 0 Å². The minimum absolute atomic E-state index is 0.0925. The molecule has 2 aromatic heterocycles. The number of nitrogens with zero attached hydrogens (tertiary/aromatic N) is 5. The third kappa shape index (κ3) is 4.97. The van der Waals surface area contributed by atoms with Gasteiger partial charge in [0.05, 0.1) is 23.1 Å². The second-order valence-corrected chi connectivity index (χ2v) is 11.8. The number of sulfone groups is 1. The van der Waals surface area contributed by atoms with Gasteiger partial charge in [-0.1, -0.05) is 23.7 Å². The number of halogens is 1. The summed E-state index contributed by atoms with van der Waals surface area (Å²) in [7, 11) is -0.780. The van der Waals surface area contributed by atoms with Crippen molar-refractivity contribution in [2.24, 2.45) is 11.7 Å². The Kier molecular flexibility index (Phi) is 7.93. The molecule has 3 aromatic rings. The molecule has 0 bridgehead atoms. The number of rotatable bonds is 10. The lowest BCUT2D eigenvalue weighted by Crippen LogP contribution is -2.33. The van der Waals surface area contributed by atoms with Crippen LogP contribution in [0.1, 0.15) is 54.8 Å². The van der Waals surface area contributed by atoms with Crippen molar-refractivity contribution in [2.75, 3.05) is 20.8 Å². The monoisotopic (exact) mass is 534 g/mol. The molecule has 194 valence electrons. The van der Waals surface area contributed by atoms with Crippen LogP contribution in [0.15, 0.2) is 30.6 Å². The number of nitrogens with two attached hydrogens (primary N) is 1. The van der Waals surface area contributed by atoms with E-state index in [-0.39, 0.29) is 23.4 Å². The number of aryl methyl sites for hydroxylation is 1. The molecule has 1 aliphatic carbocycles. The summed E-state index contributed by atoms with van der Waals surface area (Å²) in [6.45, 7) is 4.06. The van der Waals surface area contributed by atoms with E-state index in [4.69, 9.17) is 26.8 Å². The van der Waals surface area contributed by atoms with Gasteiger partial charge in [0.25, 0.3) is 0 Å². The molecule has 2 heterocycles. The molecule has 36 heavy (non-hydrogen) atoms. The molecule has 0 aliphatic heterocycles. The van der Waals surface area contributed by atoms with E-state index >= 15 is 0 Å². The minimum atomic E-state index is -3.79. The quantitative estimate of drug-likeness (QED) is 0.416. The van der Waals surface area contributed by atoms with Crippen LogP contribution in [-0.4, -0.2) is 59.2 Å². The predicted molar refractivity (Wildman–Crippen MR) is 136 cm³/mol. The van der Waals surface area contributed by atoms with Crippen molar-refractivity contribution in [1.82, 2.24) is 24.7 Å². The van der Waals surface area contributed by atoms with E-state index in [9.17, 15) is 8.42 Å². The molecule has 12 heteroatoms. The summed E-state index contributed by atoms with van der Waals surface area (Å²) in [5.74, 6) is 1.86. The van der Waals surface area contributed by atoms with Crippen LogP contribution in [0.5, 0.6) is 5.75 Å². The molecule has 0 unspecified atom stereocenters. The fourth-order valence-corrected chi connectivity index (χ4v) is 6.17. The highest BCUT2D eigenvalue weighted by molar-refractivity contribution is 7.91. The average Bonchev–Trinajstić information content (AvgIpc) is 3.21. The van der Waals surface area contributed by atoms with Crippen molar-refractivity contribution < 1.29 is 17.9 Å². The van der Waals surface area contributed by atoms with Crippen molar-refractivity contribution in [3.05, 3.63) is 58.7 Å². The van der Waals surface area contributed by atoms with Crippen molar-refractivity contribution in [2.45, 2.75) is 49.7 Å². The second-order valence-electron chi connectivity index (χ2n) is 9.04. The van der Waals surface area contributed by atoms with Crippen LogP contribution in [0.2, 0.25) is 5.02 Å². The van der Waals surface area contributed by atoms with Gasteiger partial charge in [0.2, 0.25) is 0 Å². The van der Waals surface area contributed by atoms with Crippen LogP contribution in [0, 0.1) is 12.8 Å². The van der Waals surface area contributed by atoms with Crippen LogP contribution < -0.4 is 10.5 Å². The number of ether oxygens (including phenoxy) is 2. The highest BCUT2D eigenvalue weighted by Gasteiger charge is 2.39. The Morgan fingerprint density at radius 2 is 1.92 bits per heavy atom. The van der Waals surface area contributed by atoms with Crippen LogP contribution in [-0.2, 0) is 20.3 Å². The van der Waals surface area contributed by atoms with E-state index in [0.29, 0.717) is 29.0 Å². The molecule has 1 aliphatic rings. The van der Waals surface area contributed by atoms with Gasteiger partial charge in [0.1, 0.15) is 23.4 Å². The Morgan fingerprint density at radius 1 is 1.19 bits per heavy atom.